The van der Waals surface area contributed by atoms with E-state index in [-0.39, 0.29) is 36.9 Å². The number of ether oxygens (including phenoxy) is 2. The van der Waals surface area contributed by atoms with E-state index in [0.717, 1.165) is 0 Å². The van der Waals surface area contributed by atoms with Crippen molar-refractivity contribution >= 4 is 29.4 Å². The molecule has 1 saturated carbocycles. The third-order valence-electron chi connectivity index (χ3n) is 5.55. The molecule has 176 valence electrons. The van der Waals surface area contributed by atoms with Crippen LogP contribution in [0.1, 0.15) is 46.4 Å². The number of carbonyl (C=O) groups excluding carboxylic acids is 2. The van der Waals surface area contributed by atoms with E-state index in [9.17, 15) is 14.4 Å². The van der Waals surface area contributed by atoms with Crippen molar-refractivity contribution in [3.8, 4) is 11.5 Å². The summed E-state index contributed by atoms with van der Waals surface area (Å²) in [4.78, 5) is 35.7. The van der Waals surface area contributed by atoms with Gasteiger partial charge in [0.15, 0.2) is 0 Å². The van der Waals surface area contributed by atoms with Gasteiger partial charge >= 0.3 is 5.97 Å². The van der Waals surface area contributed by atoms with Crippen LogP contribution in [0.4, 0.5) is 0 Å². The Balaban J connectivity index is 1.48. The minimum absolute atomic E-state index is 0.0609. The van der Waals surface area contributed by atoms with Gasteiger partial charge in [0.2, 0.25) is 0 Å². The number of aliphatic carboxylic acids is 1. The molecule has 1 aliphatic carbocycles. The fourth-order valence-electron chi connectivity index (χ4n) is 3.70. The van der Waals surface area contributed by atoms with Crippen molar-refractivity contribution in [2.24, 2.45) is 5.92 Å². The average molecular weight is 475 g/mol. The highest BCUT2D eigenvalue weighted by Gasteiger charge is 2.27. The molecule has 0 heterocycles. The van der Waals surface area contributed by atoms with Crippen LogP contribution in [-0.2, 0) is 4.79 Å². The second-order valence-electron chi connectivity index (χ2n) is 7.81. The molecule has 3 rings (SSSR count). The summed E-state index contributed by atoms with van der Waals surface area (Å²) in [6.45, 7) is 0.502. The van der Waals surface area contributed by atoms with Crippen LogP contribution in [0.15, 0.2) is 42.5 Å². The molecule has 0 bridgehead atoms. The second kappa shape index (κ2) is 11.6. The smallest absolute Gasteiger partial charge is 0.306 e. The maximum Gasteiger partial charge on any atom is 0.306 e. The molecule has 2 aromatic rings. The first-order valence-corrected chi connectivity index (χ1v) is 11.1. The fraction of sp³-hybridized carbons (Fsp3) is 0.375. The number of nitrogens with one attached hydrogen (secondary N) is 2. The number of methoxy groups -OCH3 is 1. The van der Waals surface area contributed by atoms with Gasteiger partial charge in [-0.3, -0.25) is 14.4 Å². The second-order valence-corrected chi connectivity index (χ2v) is 8.25. The molecule has 0 atom stereocenters. The maximum absolute atomic E-state index is 12.6. The van der Waals surface area contributed by atoms with E-state index in [2.05, 4.69) is 10.6 Å². The predicted octanol–water partition coefficient (Wildman–Crippen LogP) is 3.53. The number of hydrogen-bond donors (Lipinski definition) is 3. The standard InChI is InChI=1S/C24H27ClN2O6/c1-32-21-14-19(33-18-8-4-16(5-9-18)24(30)31)10-11-20(21)23(29)27-13-12-26-22(28)15-2-6-17(25)7-3-15/h2-3,6-7,10-11,14,16,18H,4-5,8-9,12-13H2,1H3,(H,26,28)(H,27,29)(H,30,31). The van der Waals surface area contributed by atoms with E-state index in [1.807, 2.05) is 0 Å². The molecule has 1 fully saturated rings. The van der Waals surface area contributed by atoms with Gasteiger partial charge in [-0.1, -0.05) is 11.6 Å². The zero-order valence-corrected chi connectivity index (χ0v) is 19.1. The Hall–Kier alpha value is -3.26. The molecule has 0 aromatic heterocycles. The topological polar surface area (TPSA) is 114 Å². The lowest BCUT2D eigenvalue weighted by molar-refractivity contribution is -0.143. The molecule has 0 saturated heterocycles. The first kappa shape index (κ1) is 24.4. The minimum Gasteiger partial charge on any atom is -0.496 e. The van der Waals surface area contributed by atoms with Crippen molar-refractivity contribution in [1.29, 1.82) is 0 Å². The van der Waals surface area contributed by atoms with Gasteiger partial charge in [-0.15, -0.1) is 0 Å². The number of carbonyl (C=O) groups is 3. The number of rotatable bonds is 9. The molecule has 33 heavy (non-hydrogen) atoms. The highest BCUT2D eigenvalue weighted by molar-refractivity contribution is 6.30. The van der Waals surface area contributed by atoms with Crippen LogP contribution in [-0.4, -0.2) is 49.2 Å². The van der Waals surface area contributed by atoms with Gasteiger partial charge in [-0.25, -0.2) is 0 Å². The lowest BCUT2D eigenvalue weighted by Crippen LogP contribution is -2.34. The van der Waals surface area contributed by atoms with Crippen LogP contribution in [0.5, 0.6) is 11.5 Å². The highest BCUT2D eigenvalue weighted by atomic mass is 35.5. The maximum atomic E-state index is 12.6. The summed E-state index contributed by atoms with van der Waals surface area (Å²) < 4.78 is 11.3. The van der Waals surface area contributed by atoms with Crippen LogP contribution >= 0.6 is 11.6 Å². The Morgan fingerprint density at radius 2 is 1.61 bits per heavy atom. The Kier molecular flexibility index (Phi) is 8.54. The van der Waals surface area contributed by atoms with Crippen LogP contribution in [0, 0.1) is 5.92 Å². The zero-order chi connectivity index (χ0) is 23.8. The predicted molar refractivity (Wildman–Crippen MR) is 123 cm³/mol. The molecule has 0 aliphatic heterocycles. The summed E-state index contributed by atoms with van der Waals surface area (Å²) in [5, 5.41) is 15.1. The van der Waals surface area contributed by atoms with Crippen LogP contribution in [0.25, 0.3) is 0 Å². The average Bonchev–Trinajstić information content (AvgIpc) is 2.82. The van der Waals surface area contributed by atoms with Crippen molar-refractivity contribution in [3.05, 3.63) is 58.6 Å². The zero-order valence-electron chi connectivity index (χ0n) is 18.3. The van der Waals surface area contributed by atoms with Crippen molar-refractivity contribution in [2.75, 3.05) is 20.2 Å². The monoisotopic (exact) mass is 474 g/mol. The van der Waals surface area contributed by atoms with E-state index < -0.39 is 5.97 Å². The molecule has 0 spiro atoms. The number of benzene rings is 2. The van der Waals surface area contributed by atoms with E-state index in [4.69, 9.17) is 26.2 Å². The SMILES string of the molecule is COc1cc(OC2CCC(C(=O)O)CC2)ccc1C(=O)NCCNC(=O)c1ccc(Cl)cc1. The summed E-state index contributed by atoms with van der Waals surface area (Å²) >= 11 is 5.82. The first-order chi connectivity index (χ1) is 15.9. The summed E-state index contributed by atoms with van der Waals surface area (Å²) in [6, 6.07) is 11.5. The van der Waals surface area contributed by atoms with Crippen LogP contribution < -0.4 is 20.1 Å². The number of amides is 2. The molecular formula is C24H27ClN2O6. The third kappa shape index (κ3) is 6.86. The van der Waals surface area contributed by atoms with Crippen molar-refractivity contribution in [2.45, 2.75) is 31.8 Å². The Bertz CT molecular complexity index is 987. The molecule has 9 heteroatoms. The minimum atomic E-state index is -0.755. The van der Waals surface area contributed by atoms with Gasteiger partial charge in [0.1, 0.15) is 11.5 Å². The Labute approximate surface area is 197 Å². The molecule has 0 radical (unpaired) electrons. The lowest BCUT2D eigenvalue weighted by atomic mass is 9.87. The van der Waals surface area contributed by atoms with Crippen molar-refractivity contribution in [3.63, 3.8) is 0 Å². The van der Waals surface area contributed by atoms with Crippen molar-refractivity contribution in [1.82, 2.24) is 10.6 Å². The summed E-state index contributed by atoms with van der Waals surface area (Å²) in [5.74, 6) is -0.707. The normalized spacial score (nSPS) is 17.6. The van der Waals surface area contributed by atoms with E-state index in [0.29, 0.717) is 53.3 Å². The summed E-state index contributed by atoms with van der Waals surface area (Å²) in [6.07, 6.45) is 2.46. The van der Waals surface area contributed by atoms with E-state index in [1.165, 1.54) is 7.11 Å². The Morgan fingerprint density at radius 1 is 0.970 bits per heavy atom. The molecule has 3 N–H and O–H groups in total. The molecule has 2 amide bonds. The molecule has 8 nitrogen and oxygen atoms in total. The fourth-order valence-corrected chi connectivity index (χ4v) is 3.83. The lowest BCUT2D eigenvalue weighted by Gasteiger charge is -2.27. The highest BCUT2D eigenvalue weighted by Crippen LogP contribution is 2.30. The van der Waals surface area contributed by atoms with Gasteiger partial charge in [0.05, 0.1) is 24.7 Å². The van der Waals surface area contributed by atoms with Gasteiger partial charge in [0.25, 0.3) is 11.8 Å². The Morgan fingerprint density at radius 3 is 2.21 bits per heavy atom. The molecular weight excluding hydrogens is 448 g/mol. The van der Waals surface area contributed by atoms with Gasteiger partial charge in [-0.2, -0.15) is 0 Å². The largest absolute Gasteiger partial charge is 0.496 e. The van der Waals surface area contributed by atoms with Gasteiger partial charge in [0, 0.05) is 29.7 Å². The summed E-state index contributed by atoms with van der Waals surface area (Å²) in [5.41, 5.74) is 0.836. The van der Waals surface area contributed by atoms with Crippen LogP contribution in [0.2, 0.25) is 5.02 Å². The van der Waals surface area contributed by atoms with Gasteiger partial charge in [-0.05, 0) is 62.1 Å². The number of halogens is 1. The third-order valence-corrected chi connectivity index (χ3v) is 5.80. The van der Waals surface area contributed by atoms with Crippen molar-refractivity contribution < 1.29 is 29.0 Å². The first-order valence-electron chi connectivity index (χ1n) is 10.8. The summed E-state index contributed by atoms with van der Waals surface area (Å²) in [7, 11) is 1.47. The quantitative estimate of drug-likeness (QED) is 0.479. The van der Waals surface area contributed by atoms with Crippen LogP contribution in [0.3, 0.4) is 0 Å². The number of hydrogen-bond acceptors (Lipinski definition) is 5. The number of carboxylic acids is 1. The van der Waals surface area contributed by atoms with E-state index in [1.54, 1.807) is 42.5 Å². The number of carboxylic acid groups (broad SMARTS) is 1. The van der Waals surface area contributed by atoms with E-state index >= 15 is 0 Å². The van der Waals surface area contributed by atoms with Gasteiger partial charge < -0.3 is 25.2 Å². The molecule has 0 unspecified atom stereocenters. The molecule has 1 aliphatic rings. The molecule has 2 aromatic carbocycles.